The van der Waals surface area contributed by atoms with Gasteiger partial charge in [0.15, 0.2) is 4.34 Å². The number of hydrogen-bond acceptors (Lipinski definition) is 9. The lowest BCUT2D eigenvalue weighted by Crippen LogP contribution is -2.29. The van der Waals surface area contributed by atoms with E-state index < -0.39 is 17.7 Å². The number of carbonyl (C=O) groups excluding carboxylic acids is 2. The van der Waals surface area contributed by atoms with Gasteiger partial charge in [0.05, 0.1) is 18.2 Å². The van der Waals surface area contributed by atoms with E-state index in [2.05, 4.69) is 17.1 Å². The van der Waals surface area contributed by atoms with E-state index in [0.717, 1.165) is 36.1 Å². The van der Waals surface area contributed by atoms with Crippen LogP contribution in [0.2, 0.25) is 10.0 Å². The highest BCUT2D eigenvalue weighted by atomic mass is 35.5. The van der Waals surface area contributed by atoms with Crippen molar-refractivity contribution in [1.29, 1.82) is 0 Å². The average Bonchev–Trinajstić information content (AvgIpc) is 3.73. The molecule has 8 nitrogen and oxygen atoms in total. The highest BCUT2D eigenvalue weighted by Crippen LogP contribution is 2.45. The summed E-state index contributed by atoms with van der Waals surface area (Å²) in [5.74, 6) is -0.0140. The average molecular weight is 697 g/mol. The normalized spacial score (nSPS) is 18.6. The highest BCUT2D eigenvalue weighted by Gasteiger charge is 2.48. The number of carbonyl (C=O) groups is 2. The Hall–Kier alpha value is -3.57. The van der Waals surface area contributed by atoms with E-state index in [9.17, 15) is 14.7 Å². The van der Waals surface area contributed by atoms with Crippen LogP contribution in [0.1, 0.15) is 61.4 Å². The van der Waals surface area contributed by atoms with Gasteiger partial charge in [-0.15, -0.1) is 10.2 Å². The Morgan fingerprint density at radius 1 is 1.11 bits per heavy atom. The van der Waals surface area contributed by atoms with Gasteiger partial charge in [-0.05, 0) is 72.5 Å². The van der Waals surface area contributed by atoms with Gasteiger partial charge in [-0.2, -0.15) is 0 Å². The Balaban J connectivity index is 1.37. The van der Waals surface area contributed by atoms with Crippen LogP contribution < -0.4 is 14.4 Å². The smallest absolute Gasteiger partial charge is 0.301 e. The van der Waals surface area contributed by atoms with Crippen molar-refractivity contribution in [1.82, 2.24) is 10.2 Å². The number of hydrogen-bond donors (Lipinski definition) is 1. The second kappa shape index (κ2) is 14.0. The van der Waals surface area contributed by atoms with Gasteiger partial charge in [-0.25, -0.2) is 0 Å². The van der Waals surface area contributed by atoms with Gasteiger partial charge in [0.1, 0.15) is 23.4 Å². The number of halogens is 2. The molecular formula is C34H31Cl2N3O5S2. The van der Waals surface area contributed by atoms with Gasteiger partial charge in [-0.1, -0.05) is 84.3 Å². The molecule has 12 heteroatoms. The highest BCUT2D eigenvalue weighted by molar-refractivity contribution is 8.00. The molecule has 0 aliphatic carbocycles. The molecule has 1 fully saturated rings. The second-order valence-corrected chi connectivity index (χ2v) is 14.1. The predicted molar refractivity (Wildman–Crippen MR) is 182 cm³/mol. The van der Waals surface area contributed by atoms with Crippen LogP contribution in [0.3, 0.4) is 0 Å². The number of benzene rings is 3. The fourth-order valence-electron chi connectivity index (χ4n) is 5.52. The topological polar surface area (TPSA) is 102 Å². The molecule has 2 aliphatic rings. The molecule has 2 atom stereocenters. The number of anilines is 1. The van der Waals surface area contributed by atoms with E-state index >= 15 is 0 Å². The Morgan fingerprint density at radius 2 is 1.96 bits per heavy atom. The molecular weight excluding hydrogens is 665 g/mol. The molecule has 2 aliphatic heterocycles. The number of amides is 1. The summed E-state index contributed by atoms with van der Waals surface area (Å²) in [5.41, 5.74) is 2.80. The SMILES string of the molecule is CCCCCOc1cccc(C2C(=C(O)c3ccc4c(c3)CC(C)O4)C(=O)C(=O)N2c2nnc(SCc3ccc(Cl)cc3Cl)s2)c1. The van der Waals surface area contributed by atoms with Crippen molar-refractivity contribution in [2.24, 2.45) is 0 Å². The summed E-state index contributed by atoms with van der Waals surface area (Å²) >= 11 is 15.0. The lowest BCUT2D eigenvalue weighted by atomic mass is 9.94. The monoisotopic (exact) mass is 695 g/mol. The van der Waals surface area contributed by atoms with Crippen molar-refractivity contribution in [2.45, 2.75) is 61.8 Å². The Labute approximate surface area is 285 Å². The largest absolute Gasteiger partial charge is 0.507 e. The quantitative estimate of drug-likeness (QED) is 0.0415. The summed E-state index contributed by atoms with van der Waals surface area (Å²) in [6, 6.07) is 16.9. The van der Waals surface area contributed by atoms with Crippen LogP contribution in [-0.2, 0) is 21.8 Å². The fraction of sp³-hybridized carbons (Fsp3) is 0.294. The Bertz CT molecular complexity index is 1830. The second-order valence-electron chi connectivity index (χ2n) is 11.1. The minimum atomic E-state index is -0.959. The van der Waals surface area contributed by atoms with Crippen LogP contribution in [0.15, 0.2) is 70.6 Å². The van der Waals surface area contributed by atoms with Crippen LogP contribution in [0, 0.1) is 0 Å². The molecule has 1 amide bonds. The van der Waals surface area contributed by atoms with Crippen molar-refractivity contribution in [3.8, 4) is 11.5 Å². The van der Waals surface area contributed by atoms with E-state index in [0.29, 0.717) is 50.0 Å². The number of aliphatic hydroxyl groups excluding tert-OH is 1. The van der Waals surface area contributed by atoms with Gasteiger partial charge in [0, 0.05) is 27.8 Å². The number of thioether (sulfide) groups is 1. The standard InChI is InChI=1S/C34H31Cl2N3O5S2/c1-3-4-5-13-43-25-8-6-7-20(16-25)29-28(30(40)21-10-12-27-23(15-21)14-19(2)44-27)31(41)32(42)39(29)33-37-38-34(46-33)45-18-22-9-11-24(35)17-26(22)36/h6-12,15-17,19,29,40H,3-5,13-14,18H2,1-2H3. The van der Waals surface area contributed by atoms with Crippen LogP contribution in [0.5, 0.6) is 11.5 Å². The number of rotatable bonds is 11. The Morgan fingerprint density at radius 3 is 2.76 bits per heavy atom. The van der Waals surface area contributed by atoms with Crippen LogP contribution >= 0.6 is 46.3 Å². The minimum absolute atomic E-state index is 0.0122. The van der Waals surface area contributed by atoms with Crippen molar-refractivity contribution < 1.29 is 24.2 Å². The molecule has 1 saturated heterocycles. The maximum atomic E-state index is 13.7. The molecule has 3 aromatic carbocycles. The van der Waals surface area contributed by atoms with Crippen molar-refractivity contribution in [2.75, 3.05) is 11.5 Å². The van der Waals surface area contributed by atoms with Gasteiger partial charge >= 0.3 is 5.91 Å². The first kappa shape index (κ1) is 32.4. The molecule has 1 aromatic heterocycles. The molecule has 1 N–H and O–H groups in total. The minimum Gasteiger partial charge on any atom is -0.507 e. The van der Waals surface area contributed by atoms with E-state index in [1.165, 1.54) is 28.0 Å². The first-order chi connectivity index (χ1) is 22.2. The third-order valence-electron chi connectivity index (χ3n) is 7.77. The van der Waals surface area contributed by atoms with Gasteiger partial charge in [0.2, 0.25) is 5.13 Å². The van der Waals surface area contributed by atoms with Crippen LogP contribution in [-0.4, -0.2) is 39.7 Å². The van der Waals surface area contributed by atoms with Crippen LogP contribution in [0.25, 0.3) is 5.76 Å². The number of aromatic nitrogens is 2. The maximum absolute atomic E-state index is 13.7. The zero-order chi connectivity index (χ0) is 32.4. The number of fused-ring (bicyclic) bond motifs is 1. The number of nitrogens with zero attached hydrogens (tertiary/aromatic N) is 3. The molecule has 6 rings (SSSR count). The summed E-state index contributed by atoms with van der Waals surface area (Å²) in [4.78, 5) is 28.8. The summed E-state index contributed by atoms with van der Waals surface area (Å²) < 4.78 is 12.4. The van der Waals surface area contributed by atoms with Gasteiger partial charge < -0.3 is 14.6 Å². The fourth-order valence-corrected chi connectivity index (χ4v) is 7.95. The number of Topliss-reactive ketones (excluding diaryl/α,β-unsaturated/α-hetero) is 1. The van der Waals surface area contributed by atoms with E-state index in [-0.39, 0.29) is 22.6 Å². The molecule has 4 aromatic rings. The number of ether oxygens (including phenoxy) is 2. The number of unbranched alkanes of at least 4 members (excludes halogenated alkanes) is 2. The molecule has 0 saturated carbocycles. The summed E-state index contributed by atoms with van der Waals surface area (Å²) in [6.45, 7) is 4.64. The first-order valence-electron chi connectivity index (χ1n) is 15.0. The zero-order valence-corrected chi connectivity index (χ0v) is 28.3. The van der Waals surface area contributed by atoms with Crippen LogP contribution in [0.4, 0.5) is 5.13 Å². The van der Waals surface area contributed by atoms with Crippen molar-refractivity contribution in [3.05, 3.63) is 98.5 Å². The predicted octanol–water partition coefficient (Wildman–Crippen LogP) is 8.66. The van der Waals surface area contributed by atoms with Crippen molar-refractivity contribution >= 4 is 68.9 Å². The van der Waals surface area contributed by atoms with Gasteiger partial charge in [0.25, 0.3) is 5.78 Å². The van der Waals surface area contributed by atoms with Crippen molar-refractivity contribution in [3.63, 3.8) is 0 Å². The molecule has 238 valence electrons. The molecule has 3 heterocycles. The summed E-state index contributed by atoms with van der Waals surface area (Å²) in [5, 5.41) is 21.6. The van der Waals surface area contributed by atoms with Gasteiger partial charge in [-0.3, -0.25) is 14.5 Å². The van der Waals surface area contributed by atoms with E-state index in [1.54, 1.807) is 30.3 Å². The molecule has 2 unspecified atom stereocenters. The maximum Gasteiger partial charge on any atom is 0.301 e. The third kappa shape index (κ3) is 6.76. The third-order valence-corrected chi connectivity index (χ3v) is 10.5. The molecule has 46 heavy (non-hydrogen) atoms. The lowest BCUT2D eigenvalue weighted by molar-refractivity contribution is -0.132. The zero-order valence-electron chi connectivity index (χ0n) is 25.2. The number of aliphatic hydroxyl groups is 1. The number of ketones is 1. The summed E-state index contributed by atoms with van der Waals surface area (Å²) in [7, 11) is 0. The molecule has 0 radical (unpaired) electrons. The molecule has 0 spiro atoms. The Kier molecular flexibility index (Phi) is 9.89. The lowest BCUT2D eigenvalue weighted by Gasteiger charge is -2.23. The van der Waals surface area contributed by atoms with E-state index in [4.69, 9.17) is 32.7 Å². The molecule has 0 bridgehead atoms. The summed E-state index contributed by atoms with van der Waals surface area (Å²) in [6.07, 6.45) is 3.72. The van der Waals surface area contributed by atoms with E-state index in [1.807, 2.05) is 37.3 Å². The first-order valence-corrected chi connectivity index (χ1v) is 17.5.